The molecule has 3 unspecified atom stereocenters. The van der Waals surface area contributed by atoms with Gasteiger partial charge in [0.2, 0.25) is 0 Å². The number of carbonyl (C=O) groups excluding carboxylic acids is 2. The van der Waals surface area contributed by atoms with Gasteiger partial charge in [0.05, 0.1) is 13.2 Å². The molecule has 0 aromatic rings. The molecule has 1 rings (SSSR count). The molecular formula is C23H42O6. The Hall–Kier alpha value is -1.46. The van der Waals surface area contributed by atoms with Crippen LogP contribution in [0.5, 0.6) is 0 Å². The van der Waals surface area contributed by atoms with Crippen molar-refractivity contribution in [1.82, 2.24) is 0 Å². The van der Waals surface area contributed by atoms with Crippen molar-refractivity contribution in [3.63, 3.8) is 0 Å². The summed E-state index contributed by atoms with van der Waals surface area (Å²) >= 11 is 0. The van der Waals surface area contributed by atoms with E-state index in [0.29, 0.717) is 37.9 Å². The van der Waals surface area contributed by atoms with Crippen molar-refractivity contribution in [2.75, 3.05) is 13.2 Å². The maximum absolute atomic E-state index is 12.1. The molecular weight excluding hydrogens is 372 g/mol. The first-order valence-electron chi connectivity index (χ1n) is 11.6. The van der Waals surface area contributed by atoms with Crippen LogP contribution in [0.25, 0.3) is 0 Å². The van der Waals surface area contributed by atoms with Crippen LogP contribution < -0.4 is 0 Å². The van der Waals surface area contributed by atoms with E-state index in [9.17, 15) is 9.59 Å². The first kappa shape index (κ1) is 25.6. The fourth-order valence-corrected chi connectivity index (χ4v) is 3.54. The van der Waals surface area contributed by atoms with E-state index in [1.54, 1.807) is 0 Å². The first-order chi connectivity index (χ1) is 14.0. The third-order valence-corrected chi connectivity index (χ3v) is 5.51. The Morgan fingerprint density at radius 3 is 2.03 bits per heavy atom. The van der Waals surface area contributed by atoms with Crippen molar-refractivity contribution < 1.29 is 28.5 Å². The second-order valence-corrected chi connectivity index (χ2v) is 8.56. The average molecular weight is 415 g/mol. The van der Waals surface area contributed by atoms with Crippen LogP contribution in [0.1, 0.15) is 98.3 Å². The van der Waals surface area contributed by atoms with Crippen molar-refractivity contribution in [3.05, 3.63) is 0 Å². The third kappa shape index (κ3) is 12.0. The summed E-state index contributed by atoms with van der Waals surface area (Å²) in [7, 11) is 0. The molecule has 6 nitrogen and oxygen atoms in total. The van der Waals surface area contributed by atoms with E-state index in [1.165, 1.54) is 0 Å². The van der Waals surface area contributed by atoms with Crippen LogP contribution >= 0.6 is 0 Å². The summed E-state index contributed by atoms with van der Waals surface area (Å²) in [6.07, 6.45) is 8.27. The number of hydrogen-bond acceptors (Lipinski definition) is 6. The van der Waals surface area contributed by atoms with Crippen LogP contribution in [0.3, 0.4) is 0 Å². The molecule has 0 N–H and O–H groups in total. The summed E-state index contributed by atoms with van der Waals surface area (Å²) in [4.78, 5) is 24.1. The Morgan fingerprint density at radius 2 is 1.48 bits per heavy atom. The second kappa shape index (κ2) is 15.4. The second-order valence-electron chi connectivity index (χ2n) is 8.56. The zero-order valence-corrected chi connectivity index (χ0v) is 19.0. The predicted octanol–water partition coefficient (Wildman–Crippen LogP) is 6.65. The Bertz CT molecular complexity index is 451. The van der Waals surface area contributed by atoms with Crippen molar-refractivity contribution in [3.8, 4) is 0 Å². The predicted molar refractivity (Wildman–Crippen MR) is 113 cm³/mol. The lowest BCUT2D eigenvalue weighted by molar-refractivity contribution is -0.0730. The quantitative estimate of drug-likeness (QED) is 0.248. The molecule has 0 radical (unpaired) electrons. The minimum absolute atomic E-state index is 0.363. The van der Waals surface area contributed by atoms with Crippen molar-refractivity contribution in [1.29, 1.82) is 0 Å². The molecule has 0 aromatic heterocycles. The molecule has 1 aliphatic rings. The molecule has 170 valence electrons. The highest BCUT2D eigenvalue weighted by atomic mass is 16.8. The van der Waals surface area contributed by atoms with Gasteiger partial charge in [0.25, 0.3) is 0 Å². The molecule has 1 aliphatic carbocycles. The van der Waals surface area contributed by atoms with Crippen LogP contribution in [0.4, 0.5) is 9.59 Å². The number of carbonyl (C=O) groups is 2. The highest BCUT2D eigenvalue weighted by Gasteiger charge is 2.32. The van der Waals surface area contributed by atoms with Gasteiger partial charge in [-0.15, -0.1) is 0 Å². The van der Waals surface area contributed by atoms with Gasteiger partial charge < -0.3 is 18.9 Å². The van der Waals surface area contributed by atoms with E-state index >= 15 is 0 Å². The lowest BCUT2D eigenvalue weighted by Crippen LogP contribution is -2.38. The lowest BCUT2D eigenvalue weighted by Gasteiger charge is -2.30. The zero-order chi connectivity index (χ0) is 21.5. The molecule has 1 saturated carbocycles. The van der Waals surface area contributed by atoms with Gasteiger partial charge >= 0.3 is 12.3 Å². The molecule has 0 aromatic carbocycles. The Balaban J connectivity index is 2.33. The molecule has 6 heteroatoms. The Morgan fingerprint density at radius 1 is 0.862 bits per heavy atom. The number of hydrogen-bond donors (Lipinski definition) is 0. The van der Waals surface area contributed by atoms with Gasteiger partial charge in [0.15, 0.2) is 0 Å². The SMILES string of the molecule is CCCCC(CC)COC(=O)OC1CCCCC1OC(=O)OCCCCC(C)C. The maximum Gasteiger partial charge on any atom is 0.508 e. The molecule has 3 atom stereocenters. The monoisotopic (exact) mass is 414 g/mol. The number of rotatable bonds is 13. The van der Waals surface area contributed by atoms with Gasteiger partial charge in [0, 0.05) is 0 Å². The summed E-state index contributed by atoms with van der Waals surface area (Å²) < 4.78 is 21.4. The lowest BCUT2D eigenvalue weighted by atomic mass is 9.95. The largest absolute Gasteiger partial charge is 0.508 e. The van der Waals surface area contributed by atoms with E-state index < -0.39 is 24.5 Å². The molecule has 0 heterocycles. The number of unbranched alkanes of at least 4 members (excludes halogenated alkanes) is 2. The normalized spacial score (nSPS) is 20.2. The maximum atomic E-state index is 12.1. The minimum Gasteiger partial charge on any atom is -0.434 e. The Labute approximate surface area is 177 Å². The van der Waals surface area contributed by atoms with Gasteiger partial charge in [0.1, 0.15) is 12.2 Å². The van der Waals surface area contributed by atoms with Crippen molar-refractivity contribution in [2.45, 2.75) is 111 Å². The highest BCUT2D eigenvalue weighted by molar-refractivity contribution is 5.61. The van der Waals surface area contributed by atoms with Crippen LogP contribution in [0.15, 0.2) is 0 Å². The summed E-state index contributed by atoms with van der Waals surface area (Å²) in [6, 6.07) is 0. The minimum atomic E-state index is -0.672. The summed E-state index contributed by atoms with van der Waals surface area (Å²) in [5.74, 6) is 1.02. The van der Waals surface area contributed by atoms with Gasteiger partial charge in [-0.2, -0.15) is 0 Å². The van der Waals surface area contributed by atoms with E-state index in [4.69, 9.17) is 18.9 Å². The van der Waals surface area contributed by atoms with Gasteiger partial charge in [-0.1, -0.05) is 53.4 Å². The fourth-order valence-electron chi connectivity index (χ4n) is 3.54. The van der Waals surface area contributed by atoms with Crippen LogP contribution in [-0.4, -0.2) is 37.7 Å². The zero-order valence-electron chi connectivity index (χ0n) is 19.0. The van der Waals surface area contributed by atoms with Gasteiger partial charge in [-0.05, 0) is 56.8 Å². The molecule has 0 aliphatic heterocycles. The topological polar surface area (TPSA) is 71.1 Å². The number of ether oxygens (including phenoxy) is 4. The molecule has 29 heavy (non-hydrogen) atoms. The molecule has 0 amide bonds. The summed E-state index contributed by atoms with van der Waals surface area (Å²) in [5.41, 5.74) is 0. The summed E-state index contributed by atoms with van der Waals surface area (Å²) in [6.45, 7) is 9.36. The molecule has 0 bridgehead atoms. The van der Waals surface area contributed by atoms with E-state index in [-0.39, 0.29) is 0 Å². The van der Waals surface area contributed by atoms with Gasteiger partial charge in [-0.25, -0.2) is 9.59 Å². The van der Waals surface area contributed by atoms with E-state index in [0.717, 1.165) is 57.8 Å². The molecule has 0 spiro atoms. The van der Waals surface area contributed by atoms with E-state index in [1.807, 2.05) is 0 Å². The average Bonchev–Trinajstić information content (AvgIpc) is 2.69. The van der Waals surface area contributed by atoms with Crippen molar-refractivity contribution >= 4 is 12.3 Å². The summed E-state index contributed by atoms with van der Waals surface area (Å²) in [5, 5.41) is 0. The van der Waals surface area contributed by atoms with Crippen molar-refractivity contribution in [2.24, 2.45) is 11.8 Å². The standard InChI is InChI=1S/C23H42O6/c1-5-7-13-19(6-2)17-27-23(25)29-21-15-9-8-14-20(21)28-22(24)26-16-11-10-12-18(3)4/h18-21H,5-17H2,1-4H3. The molecule has 1 fully saturated rings. The Kier molecular flexibility index (Phi) is 13.6. The fraction of sp³-hybridized carbons (Fsp3) is 0.913. The van der Waals surface area contributed by atoms with Crippen LogP contribution in [0, 0.1) is 11.8 Å². The molecule has 0 saturated heterocycles. The third-order valence-electron chi connectivity index (χ3n) is 5.51. The van der Waals surface area contributed by atoms with E-state index in [2.05, 4.69) is 27.7 Å². The van der Waals surface area contributed by atoms with Gasteiger partial charge in [-0.3, -0.25) is 0 Å². The smallest absolute Gasteiger partial charge is 0.434 e. The highest BCUT2D eigenvalue weighted by Crippen LogP contribution is 2.25. The van der Waals surface area contributed by atoms with Crippen LogP contribution in [0.2, 0.25) is 0 Å². The van der Waals surface area contributed by atoms with Crippen LogP contribution in [-0.2, 0) is 18.9 Å². The first-order valence-corrected chi connectivity index (χ1v) is 11.6.